The van der Waals surface area contributed by atoms with Crippen molar-refractivity contribution in [2.75, 3.05) is 13.1 Å². The van der Waals surface area contributed by atoms with Crippen LogP contribution < -0.4 is 0 Å². The molecule has 196 valence electrons. The maximum Gasteiger partial charge on any atom is 0.335 e. The summed E-state index contributed by atoms with van der Waals surface area (Å²) in [4.78, 5) is 27.4. The van der Waals surface area contributed by atoms with Gasteiger partial charge in [0.1, 0.15) is 0 Å². The fourth-order valence-corrected chi connectivity index (χ4v) is 5.66. The monoisotopic (exact) mass is 494 g/mol. The molecule has 1 aliphatic heterocycles. The number of aromatic nitrogens is 1. The molecule has 0 bridgehead atoms. The molecule has 6 nitrogen and oxygen atoms in total. The van der Waals surface area contributed by atoms with Crippen molar-refractivity contribution >= 4 is 22.8 Å². The Kier molecular flexibility index (Phi) is 9.94. The third-order valence-corrected chi connectivity index (χ3v) is 7.59. The van der Waals surface area contributed by atoms with E-state index in [1.54, 1.807) is 12.1 Å². The van der Waals surface area contributed by atoms with Crippen molar-refractivity contribution in [3.63, 3.8) is 0 Å². The molecule has 2 atom stereocenters. The smallest absolute Gasteiger partial charge is 0.335 e. The van der Waals surface area contributed by atoms with Crippen LogP contribution in [0.3, 0.4) is 0 Å². The van der Waals surface area contributed by atoms with Gasteiger partial charge in [0, 0.05) is 42.7 Å². The van der Waals surface area contributed by atoms with Gasteiger partial charge in [-0.25, -0.2) is 4.79 Å². The number of hydrogen-bond donors (Lipinski definition) is 2. The van der Waals surface area contributed by atoms with Crippen LogP contribution in [0.15, 0.2) is 43.5 Å². The number of carbonyl (C=O) groups excluding carboxylic acids is 1. The minimum atomic E-state index is -0.955. The predicted octanol–water partition coefficient (Wildman–Crippen LogP) is 5.93. The molecule has 1 amide bonds. The number of likely N-dealkylation sites (tertiary alicyclic amines) is 1. The van der Waals surface area contributed by atoms with Gasteiger partial charge >= 0.3 is 5.97 Å². The molecule has 1 saturated heterocycles. The number of aliphatic hydroxyl groups excluding tert-OH is 1. The minimum Gasteiger partial charge on any atom is -0.478 e. The molecule has 0 radical (unpaired) electrons. The molecule has 1 aliphatic rings. The first-order valence-electron chi connectivity index (χ1n) is 13.4. The highest BCUT2D eigenvalue weighted by Crippen LogP contribution is 2.38. The Labute approximate surface area is 215 Å². The van der Waals surface area contributed by atoms with E-state index in [-0.39, 0.29) is 23.5 Å². The largest absolute Gasteiger partial charge is 0.478 e. The van der Waals surface area contributed by atoms with E-state index < -0.39 is 5.97 Å². The van der Waals surface area contributed by atoms with Gasteiger partial charge in [0.05, 0.1) is 17.6 Å². The number of allylic oxidation sites excluding steroid dienone is 2. The van der Waals surface area contributed by atoms with E-state index in [9.17, 15) is 19.8 Å². The molecule has 6 heteroatoms. The first-order chi connectivity index (χ1) is 17.4. The van der Waals surface area contributed by atoms with E-state index in [1.807, 2.05) is 23.1 Å². The maximum atomic E-state index is 13.7. The number of rotatable bonds is 13. The number of hydrogen-bond acceptors (Lipinski definition) is 3. The Morgan fingerprint density at radius 2 is 1.86 bits per heavy atom. The Hall–Kier alpha value is -2.86. The van der Waals surface area contributed by atoms with E-state index in [4.69, 9.17) is 0 Å². The van der Waals surface area contributed by atoms with Gasteiger partial charge < -0.3 is 19.7 Å². The molecule has 0 aliphatic carbocycles. The third-order valence-electron chi connectivity index (χ3n) is 7.59. The molecular formula is C30H42N2O4. The van der Waals surface area contributed by atoms with Crippen molar-refractivity contribution in [1.82, 2.24) is 9.47 Å². The molecule has 2 aromatic rings. The summed E-state index contributed by atoms with van der Waals surface area (Å²) in [6.07, 6.45) is 9.79. The molecule has 2 N–H and O–H groups in total. The average molecular weight is 495 g/mol. The average Bonchev–Trinajstić information content (AvgIpc) is 3.17. The van der Waals surface area contributed by atoms with Crippen molar-refractivity contribution in [3.8, 4) is 0 Å². The van der Waals surface area contributed by atoms with Crippen LogP contribution in [0.1, 0.15) is 86.3 Å². The molecule has 1 fully saturated rings. The zero-order valence-corrected chi connectivity index (χ0v) is 21.9. The summed E-state index contributed by atoms with van der Waals surface area (Å²) in [7, 11) is 0. The first-order valence-corrected chi connectivity index (χ1v) is 13.4. The van der Waals surface area contributed by atoms with Gasteiger partial charge in [-0.15, -0.1) is 13.2 Å². The summed E-state index contributed by atoms with van der Waals surface area (Å²) in [6, 6.07) is 5.40. The second-order valence-electron chi connectivity index (χ2n) is 10.0. The fourth-order valence-electron chi connectivity index (χ4n) is 5.66. The number of fused-ring (bicyclic) bond motifs is 1. The van der Waals surface area contributed by atoms with E-state index in [0.29, 0.717) is 51.2 Å². The van der Waals surface area contributed by atoms with Crippen LogP contribution in [0.4, 0.5) is 0 Å². The Bertz CT molecular complexity index is 1080. The maximum absolute atomic E-state index is 13.7. The Morgan fingerprint density at radius 1 is 1.14 bits per heavy atom. The zero-order valence-electron chi connectivity index (χ0n) is 21.9. The van der Waals surface area contributed by atoms with E-state index in [1.165, 1.54) is 5.56 Å². The van der Waals surface area contributed by atoms with Gasteiger partial charge in [0.25, 0.3) is 0 Å². The quantitative estimate of drug-likeness (QED) is 0.338. The van der Waals surface area contributed by atoms with Crippen LogP contribution in [0.2, 0.25) is 0 Å². The van der Waals surface area contributed by atoms with Crippen LogP contribution >= 0.6 is 0 Å². The van der Waals surface area contributed by atoms with E-state index in [0.717, 1.165) is 42.3 Å². The predicted molar refractivity (Wildman–Crippen MR) is 145 cm³/mol. The van der Waals surface area contributed by atoms with Crippen LogP contribution in [-0.4, -0.2) is 50.8 Å². The van der Waals surface area contributed by atoms with Crippen LogP contribution in [0.5, 0.6) is 0 Å². The standard InChI is InChI=1S/C30H42N2O4/c1-5-9-12-23(29(34)31-17-15-24(33)16-18-31)20-32-26(11-7-3)28(21(8-4)10-6-2)25-14-13-22(30(35)36)19-27(25)32/h5,7,13-14,19,21,23-24,33H,1,3,6,8-12,15-18,20H2,2,4H3,(H,35,36). The lowest BCUT2D eigenvalue weighted by Crippen LogP contribution is -2.44. The van der Waals surface area contributed by atoms with Crippen molar-refractivity contribution in [1.29, 1.82) is 0 Å². The number of piperidine rings is 1. The molecule has 3 rings (SSSR count). The third kappa shape index (κ3) is 6.09. The lowest BCUT2D eigenvalue weighted by molar-refractivity contribution is -0.138. The van der Waals surface area contributed by atoms with Crippen LogP contribution in [-0.2, 0) is 17.8 Å². The van der Waals surface area contributed by atoms with Gasteiger partial charge in [0.15, 0.2) is 0 Å². The highest BCUT2D eigenvalue weighted by atomic mass is 16.4. The number of aromatic carboxylic acids is 1. The summed E-state index contributed by atoms with van der Waals surface area (Å²) in [5.41, 5.74) is 3.53. The number of nitrogens with zero attached hydrogens (tertiary/aromatic N) is 2. The highest BCUT2D eigenvalue weighted by Gasteiger charge is 2.30. The van der Waals surface area contributed by atoms with Gasteiger partial charge in [-0.05, 0) is 62.1 Å². The van der Waals surface area contributed by atoms with Crippen molar-refractivity contribution in [2.45, 2.75) is 83.8 Å². The zero-order chi connectivity index (χ0) is 26.2. The number of amides is 1. The van der Waals surface area contributed by atoms with E-state index in [2.05, 4.69) is 31.6 Å². The van der Waals surface area contributed by atoms with Crippen molar-refractivity contribution in [3.05, 3.63) is 60.3 Å². The second-order valence-corrected chi connectivity index (χ2v) is 10.0. The molecule has 0 saturated carbocycles. The number of benzene rings is 1. The van der Waals surface area contributed by atoms with Gasteiger partial charge in [0.2, 0.25) is 5.91 Å². The molecule has 2 heterocycles. The summed E-state index contributed by atoms with van der Waals surface area (Å²) in [5.74, 6) is -0.754. The SMILES string of the molecule is C=CCCC(Cn1c(CC=C)c(C(CC)CCC)c2ccc(C(=O)O)cc21)C(=O)N1CCC(O)CC1. The second kappa shape index (κ2) is 12.9. The molecular weight excluding hydrogens is 452 g/mol. The van der Waals surface area contributed by atoms with Crippen molar-refractivity contribution < 1.29 is 19.8 Å². The van der Waals surface area contributed by atoms with Crippen LogP contribution in [0, 0.1) is 5.92 Å². The number of aliphatic hydroxyl groups is 1. The number of carbonyl (C=O) groups is 2. The highest BCUT2D eigenvalue weighted by molar-refractivity contribution is 5.95. The summed E-state index contributed by atoms with van der Waals surface area (Å²) < 4.78 is 2.20. The molecule has 36 heavy (non-hydrogen) atoms. The van der Waals surface area contributed by atoms with Gasteiger partial charge in [-0.2, -0.15) is 0 Å². The summed E-state index contributed by atoms with van der Waals surface area (Å²) in [5, 5.41) is 20.7. The minimum absolute atomic E-state index is 0.103. The summed E-state index contributed by atoms with van der Waals surface area (Å²) >= 11 is 0. The fraction of sp³-hybridized carbons (Fsp3) is 0.533. The number of carboxylic acid groups (broad SMARTS) is 1. The molecule has 1 aromatic heterocycles. The normalized spacial score (nSPS) is 16.1. The lowest BCUT2D eigenvalue weighted by Gasteiger charge is -2.33. The van der Waals surface area contributed by atoms with Gasteiger partial charge in [-0.3, -0.25) is 4.79 Å². The first kappa shape index (κ1) is 27.7. The topological polar surface area (TPSA) is 82.8 Å². The van der Waals surface area contributed by atoms with E-state index >= 15 is 0 Å². The Morgan fingerprint density at radius 3 is 2.44 bits per heavy atom. The van der Waals surface area contributed by atoms with Crippen molar-refractivity contribution in [2.24, 2.45) is 5.92 Å². The summed E-state index contributed by atoms with van der Waals surface area (Å²) in [6.45, 7) is 13.9. The lowest BCUT2D eigenvalue weighted by atomic mass is 9.89. The molecule has 1 aromatic carbocycles. The Balaban J connectivity index is 2.14. The number of carboxylic acids is 1. The van der Waals surface area contributed by atoms with Crippen LogP contribution in [0.25, 0.3) is 10.9 Å². The molecule has 0 spiro atoms. The van der Waals surface area contributed by atoms with Gasteiger partial charge in [-0.1, -0.05) is 38.5 Å². The molecule has 2 unspecified atom stereocenters.